The highest BCUT2D eigenvalue weighted by molar-refractivity contribution is 5.77. The molecule has 1 N–H and O–H groups in total. The van der Waals surface area contributed by atoms with Crippen molar-refractivity contribution >= 4 is 5.91 Å². The Labute approximate surface area is 251 Å². The molecule has 6 nitrogen and oxygen atoms in total. The Hall–Kier alpha value is -2.73. The van der Waals surface area contributed by atoms with Gasteiger partial charge in [-0.1, -0.05) is 36.8 Å². The van der Waals surface area contributed by atoms with E-state index in [-0.39, 0.29) is 29.5 Å². The van der Waals surface area contributed by atoms with Gasteiger partial charge in [0.25, 0.3) is 0 Å². The lowest BCUT2D eigenvalue weighted by Gasteiger charge is -2.61. The van der Waals surface area contributed by atoms with Gasteiger partial charge in [-0.25, -0.2) is 0 Å². The van der Waals surface area contributed by atoms with E-state index in [0.29, 0.717) is 29.9 Å². The molecule has 2 saturated carbocycles. The number of piperidine rings is 1. The molecular weight excluding hydrogens is 524 g/mol. The fraction of sp³-hybridized carbons (Fsp3) is 0.639. The SMILES string of the molecule is COc1cc(O)c2c3c1O[C@H]1[C@H](N(C(=O)CCCCCc4ccccc4)C(C)C)CC[C@H]4[C@@H](C2)N(CC2CC2)CC[C@@]341. The third-order valence-electron chi connectivity index (χ3n) is 11.3. The minimum Gasteiger partial charge on any atom is -0.508 e. The number of carbonyl (C=O) groups is 1. The van der Waals surface area contributed by atoms with E-state index in [1.807, 2.05) is 0 Å². The van der Waals surface area contributed by atoms with Crippen molar-refractivity contribution < 1.29 is 19.4 Å². The van der Waals surface area contributed by atoms with Gasteiger partial charge < -0.3 is 19.5 Å². The van der Waals surface area contributed by atoms with Crippen molar-refractivity contribution in [2.75, 3.05) is 20.2 Å². The summed E-state index contributed by atoms with van der Waals surface area (Å²) in [5.74, 6) is 3.39. The molecule has 0 aromatic heterocycles. The molecule has 2 bridgehead atoms. The molecule has 5 aliphatic rings. The van der Waals surface area contributed by atoms with Gasteiger partial charge in [0, 0.05) is 47.7 Å². The van der Waals surface area contributed by atoms with Crippen LogP contribution in [0.4, 0.5) is 0 Å². The number of likely N-dealkylation sites (tertiary alicyclic amines) is 1. The van der Waals surface area contributed by atoms with Crippen molar-refractivity contribution in [2.24, 2.45) is 11.8 Å². The van der Waals surface area contributed by atoms with Crippen LogP contribution in [-0.4, -0.2) is 65.2 Å². The van der Waals surface area contributed by atoms with Crippen LogP contribution in [0.1, 0.15) is 88.3 Å². The van der Waals surface area contributed by atoms with Crippen molar-refractivity contribution in [1.29, 1.82) is 0 Å². The largest absolute Gasteiger partial charge is 0.508 e. The average Bonchev–Trinajstić information content (AvgIpc) is 3.74. The van der Waals surface area contributed by atoms with E-state index >= 15 is 0 Å². The molecule has 0 radical (unpaired) electrons. The van der Waals surface area contributed by atoms with Gasteiger partial charge in [0.15, 0.2) is 11.5 Å². The summed E-state index contributed by atoms with van der Waals surface area (Å²) in [5.41, 5.74) is 3.47. The first-order valence-corrected chi connectivity index (χ1v) is 16.6. The summed E-state index contributed by atoms with van der Waals surface area (Å²) >= 11 is 0. The molecule has 1 spiro atoms. The molecule has 2 aromatic rings. The predicted molar refractivity (Wildman–Crippen MR) is 164 cm³/mol. The number of unbranched alkanes of at least 4 members (excludes halogenated alkanes) is 2. The summed E-state index contributed by atoms with van der Waals surface area (Å²) < 4.78 is 12.8. The first-order valence-electron chi connectivity index (χ1n) is 16.6. The van der Waals surface area contributed by atoms with Gasteiger partial charge in [0.2, 0.25) is 5.91 Å². The first kappa shape index (κ1) is 28.1. The van der Waals surface area contributed by atoms with E-state index in [2.05, 4.69) is 54.0 Å². The molecule has 7 rings (SSSR count). The Morgan fingerprint density at radius 2 is 1.95 bits per heavy atom. The number of methoxy groups -OCH3 is 1. The third kappa shape index (κ3) is 4.60. The van der Waals surface area contributed by atoms with Crippen molar-refractivity contribution in [3.63, 3.8) is 0 Å². The lowest BCUT2D eigenvalue weighted by molar-refractivity contribution is -0.146. The van der Waals surface area contributed by atoms with Crippen LogP contribution in [0.25, 0.3) is 0 Å². The Bertz CT molecular complexity index is 1310. The van der Waals surface area contributed by atoms with Crippen LogP contribution in [0, 0.1) is 11.8 Å². The molecule has 0 unspecified atom stereocenters. The molecule has 1 saturated heterocycles. The number of ether oxygens (including phenoxy) is 2. The maximum atomic E-state index is 14.0. The molecule has 6 heteroatoms. The second-order valence-electron chi connectivity index (χ2n) is 14.0. The van der Waals surface area contributed by atoms with Crippen LogP contribution < -0.4 is 9.47 Å². The van der Waals surface area contributed by atoms with Crippen LogP contribution in [0.5, 0.6) is 17.2 Å². The molecule has 2 heterocycles. The number of rotatable bonds is 11. The lowest BCUT2D eigenvalue weighted by Crippen LogP contribution is -2.69. The Morgan fingerprint density at radius 1 is 1.14 bits per heavy atom. The molecule has 2 aliphatic heterocycles. The second-order valence-corrected chi connectivity index (χ2v) is 14.0. The first-order chi connectivity index (χ1) is 20.4. The number of amides is 1. The van der Waals surface area contributed by atoms with Gasteiger partial charge in [-0.15, -0.1) is 0 Å². The van der Waals surface area contributed by atoms with Gasteiger partial charge in [0.1, 0.15) is 11.9 Å². The summed E-state index contributed by atoms with van der Waals surface area (Å²) in [4.78, 5) is 18.9. The number of phenolic OH excluding ortho intramolecular Hbond substituents is 1. The third-order valence-corrected chi connectivity index (χ3v) is 11.3. The highest BCUT2D eigenvalue weighted by atomic mass is 16.5. The van der Waals surface area contributed by atoms with Crippen LogP contribution in [-0.2, 0) is 23.1 Å². The summed E-state index contributed by atoms with van der Waals surface area (Å²) in [6.07, 6.45) is 11.3. The minimum absolute atomic E-state index is 0.0268. The Morgan fingerprint density at radius 3 is 2.69 bits per heavy atom. The highest BCUT2D eigenvalue weighted by Gasteiger charge is 2.67. The van der Waals surface area contributed by atoms with Crippen molar-refractivity contribution in [1.82, 2.24) is 9.80 Å². The molecule has 1 amide bonds. The maximum Gasteiger partial charge on any atom is 0.223 e. The van der Waals surface area contributed by atoms with E-state index in [0.717, 1.165) is 75.1 Å². The number of aryl methyl sites for hydroxylation is 1. The lowest BCUT2D eigenvalue weighted by atomic mass is 9.50. The van der Waals surface area contributed by atoms with Crippen LogP contribution in [0.2, 0.25) is 0 Å². The number of aromatic hydroxyl groups is 1. The van der Waals surface area contributed by atoms with Crippen molar-refractivity contribution in [3.05, 3.63) is 53.1 Å². The Kier molecular flexibility index (Phi) is 7.40. The van der Waals surface area contributed by atoms with E-state index in [1.165, 1.54) is 30.5 Å². The number of benzene rings is 2. The number of nitrogens with zero attached hydrogens (tertiary/aromatic N) is 2. The summed E-state index contributed by atoms with van der Waals surface area (Å²) in [6, 6.07) is 13.0. The fourth-order valence-corrected chi connectivity index (χ4v) is 9.36. The quantitative estimate of drug-likeness (QED) is 0.322. The minimum atomic E-state index is -0.175. The maximum absolute atomic E-state index is 14.0. The van der Waals surface area contributed by atoms with Crippen molar-refractivity contribution in [2.45, 2.75) is 114 Å². The number of phenols is 1. The zero-order valence-corrected chi connectivity index (χ0v) is 25.7. The van der Waals surface area contributed by atoms with Gasteiger partial charge in [-0.05, 0) is 95.6 Å². The molecule has 226 valence electrons. The van der Waals surface area contributed by atoms with Gasteiger partial charge in [0.05, 0.1) is 13.2 Å². The number of hydrogen-bond donors (Lipinski definition) is 1. The number of carbonyl (C=O) groups excluding carboxylic acids is 1. The predicted octanol–water partition coefficient (Wildman–Crippen LogP) is 6.26. The van der Waals surface area contributed by atoms with E-state index in [1.54, 1.807) is 13.2 Å². The summed E-state index contributed by atoms with van der Waals surface area (Å²) in [5, 5.41) is 11.3. The zero-order valence-electron chi connectivity index (χ0n) is 25.7. The van der Waals surface area contributed by atoms with Crippen LogP contribution >= 0.6 is 0 Å². The highest BCUT2D eigenvalue weighted by Crippen LogP contribution is 2.66. The van der Waals surface area contributed by atoms with Gasteiger partial charge in [-0.2, -0.15) is 0 Å². The zero-order chi connectivity index (χ0) is 29.0. The molecular formula is C36H48N2O4. The smallest absolute Gasteiger partial charge is 0.223 e. The molecule has 3 aliphatic carbocycles. The normalized spacial score (nSPS) is 29.2. The second kappa shape index (κ2) is 11.1. The van der Waals surface area contributed by atoms with Gasteiger partial charge in [-0.3, -0.25) is 9.69 Å². The molecule has 3 fully saturated rings. The summed E-state index contributed by atoms with van der Waals surface area (Å²) in [6.45, 7) is 6.59. The van der Waals surface area contributed by atoms with Gasteiger partial charge >= 0.3 is 0 Å². The molecule has 42 heavy (non-hydrogen) atoms. The average molecular weight is 573 g/mol. The van der Waals surface area contributed by atoms with E-state index < -0.39 is 0 Å². The molecule has 5 atom stereocenters. The van der Waals surface area contributed by atoms with E-state index in [4.69, 9.17) is 9.47 Å². The molecule has 2 aromatic carbocycles. The Balaban J connectivity index is 1.14. The standard InChI is InChI=1S/C36H48N2O4/c1-23(2)38(32(40)13-9-5-8-12-24-10-6-4-7-11-24)28-17-16-27-29-20-26-30(39)21-31(41-3)34-33(26)36(27,35(28)42-34)18-19-37(29)22-25-14-15-25/h4,6-7,10-11,21,23,25,27-29,35,39H,5,8-9,12-20,22H2,1-3H3/t27-,28+,29+,35-,36-/m0/s1. The fourth-order valence-electron chi connectivity index (χ4n) is 9.36. The van der Waals surface area contributed by atoms with Crippen molar-refractivity contribution in [3.8, 4) is 17.2 Å². The van der Waals surface area contributed by atoms with E-state index in [9.17, 15) is 9.90 Å². The summed E-state index contributed by atoms with van der Waals surface area (Å²) in [7, 11) is 1.67. The number of hydrogen-bond acceptors (Lipinski definition) is 5. The van der Waals surface area contributed by atoms with Crippen LogP contribution in [0.3, 0.4) is 0 Å². The monoisotopic (exact) mass is 572 g/mol. The van der Waals surface area contributed by atoms with Crippen LogP contribution in [0.15, 0.2) is 36.4 Å². The topological polar surface area (TPSA) is 62.2 Å².